The highest BCUT2D eigenvalue weighted by Crippen LogP contribution is 2.39. The van der Waals surface area contributed by atoms with Crippen LogP contribution in [0.25, 0.3) is 11.1 Å². The van der Waals surface area contributed by atoms with Gasteiger partial charge >= 0.3 is 6.03 Å². The van der Waals surface area contributed by atoms with E-state index in [1.54, 1.807) is 6.07 Å². The summed E-state index contributed by atoms with van der Waals surface area (Å²) in [5, 5.41) is 27.9. The number of hydrogen-bond donors (Lipinski definition) is 3. The van der Waals surface area contributed by atoms with Gasteiger partial charge in [0.1, 0.15) is 0 Å². The molecule has 3 N–H and O–H groups in total. The Morgan fingerprint density at radius 2 is 1.69 bits per heavy atom. The van der Waals surface area contributed by atoms with Gasteiger partial charge in [0.05, 0.1) is 18.8 Å². The van der Waals surface area contributed by atoms with Crippen LogP contribution in [0.15, 0.2) is 102 Å². The second kappa shape index (κ2) is 14.3. The standard InChI is InChI=1S/C33H35N3O5S/c1-2-34-33(38)35-20-27-7-3-4-8-29(27)24-14-16-26(17-15-24)32-40-28(22-42-31-9-5-6-18-36(31)39)19-30(41-32)25-12-10-23(21-37)11-13-25/h3-18,28,30,32,37H,2,19-22H2,1H3,(H2,34,35,38). The average Bonchev–Trinajstić information content (AvgIpc) is 3.04. The summed E-state index contributed by atoms with van der Waals surface area (Å²) in [6, 6.07) is 29.1. The topological polar surface area (TPSA) is 107 Å². The van der Waals surface area contributed by atoms with Crippen LogP contribution in [0.1, 0.15) is 48.0 Å². The lowest BCUT2D eigenvalue weighted by Crippen LogP contribution is -2.34. The molecule has 42 heavy (non-hydrogen) atoms. The van der Waals surface area contributed by atoms with Crippen molar-refractivity contribution in [2.75, 3.05) is 12.3 Å². The van der Waals surface area contributed by atoms with Gasteiger partial charge in [-0.3, -0.25) is 0 Å². The smallest absolute Gasteiger partial charge is 0.315 e. The maximum atomic E-state index is 12.2. The minimum atomic E-state index is -0.592. The van der Waals surface area contributed by atoms with Crippen LogP contribution < -0.4 is 15.4 Å². The summed E-state index contributed by atoms with van der Waals surface area (Å²) in [5.74, 6) is 0.599. The molecule has 1 aliphatic rings. The number of aliphatic hydroxyl groups is 1. The highest BCUT2D eigenvalue weighted by Gasteiger charge is 2.32. The van der Waals surface area contributed by atoms with Crippen LogP contribution in [0.4, 0.5) is 4.79 Å². The van der Waals surface area contributed by atoms with Crippen LogP contribution >= 0.6 is 11.8 Å². The summed E-state index contributed by atoms with van der Waals surface area (Å²) in [5.41, 5.74) is 5.82. The number of ether oxygens (including phenoxy) is 2. The van der Waals surface area contributed by atoms with Gasteiger partial charge in [-0.25, -0.2) is 4.79 Å². The fraction of sp³-hybridized carbons (Fsp3) is 0.273. The Bertz CT molecular complexity index is 1470. The molecule has 0 aliphatic carbocycles. The van der Waals surface area contributed by atoms with Crippen molar-refractivity contribution in [2.45, 2.75) is 50.0 Å². The Morgan fingerprint density at radius 1 is 0.952 bits per heavy atom. The number of pyridine rings is 1. The average molecular weight is 586 g/mol. The summed E-state index contributed by atoms with van der Waals surface area (Å²) >= 11 is 1.47. The highest BCUT2D eigenvalue weighted by molar-refractivity contribution is 7.99. The zero-order chi connectivity index (χ0) is 29.3. The third-order valence-corrected chi connectivity index (χ3v) is 8.26. The molecule has 5 rings (SSSR count). The molecule has 2 heterocycles. The first-order valence-corrected chi connectivity index (χ1v) is 15.0. The van der Waals surface area contributed by atoms with Gasteiger partial charge in [0.15, 0.2) is 12.5 Å². The Morgan fingerprint density at radius 3 is 2.43 bits per heavy atom. The number of hydrogen-bond acceptors (Lipinski definition) is 6. The number of carbonyl (C=O) groups excluding carboxylic acids is 1. The second-order valence-electron chi connectivity index (χ2n) is 10.0. The lowest BCUT2D eigenvalue weighted by atomic mass is 9.98. The largest absolute Gasteiger partial charge is 0.618 e. The van der Waals surface area contributed by atoms with Crippen LogP contribution in [0.5, 0.6) is 0 Å². The van der Waals surface area contributed by atoms with E-state index in [0.29, 0.717) is 30.3 Å². The highest BCUT2D eigenvalue weighted by atomic mass is 32.2. The molecule has 0 bridgehead atoms. The molecule has 0 radical (unpaired) electrons. The van der Waals surface area contributed by atoms with Gasteiger partial charge < -0.3 is 30.4 Å². The Labute approximate surface area is 250 Å². The minimum Gasteiger partial charge on any atom is -0.618 e. The van der Waals surface area contributed by atoms with Crippen molar-refractivity contribution >= 4 is 17.8 Å². The van der Waals surface area contributed by atoms with E-state index in [-0.39, 0.29) is 24.8 Å². The van der Waals surface area contributed by atoms with Gasteiger partial charge in [0.2, 0.25) is 0 Å². The minimum absolute atomic E-state index is 0.0133. The molecule has 0 saturated carbocycles. The molecule has 1 fully saturated rings. The summed E-state index contributed by atoms with van der Waals surface area (Å²) in [4.78, 5) is 11.9. The van der Waals surface area contributed by atoms with Crippen LogP contribution in [0.3, 0.4) is 0 Å². The van der Waals surface area contributed by atoms with Crippen LogP contribution in [-0.2, 0) is 22.6 Å². The lowest BCUT2D eigenvalue weighted by Gasteiger charge is -2.36. The summed E-state index contributed by atoms with van der Waals surface area (Å²) in [6.45, 7) is 2.86. The maximum absolute atomic E-state index is 12.2. The molecule has 218 valence electrons. The van der Waals surface area contributed by atoms with E-state index in [1.165, 1.54) is 18.0 Å². The summed E-state index contributed by atoms with van der Waals surface area (Å²) < 4.78 is 13.8. The summed E-state index contributed by atoms with van der Waals surface area (Å²) in [7, 11) is 0. The molecular weight excluding hydrogens is 550 g/mol. The Hall–Kier alpha value is -3.89. The Balaban J connectivity index is 1.34. The number of thioether (sulfide) groups is 1. The first-order chi connectivity index (χ1) is 20.5. The number of carbonyl (C=O) groups is 1. The molecule has 3 atom stereocenters. The van der Waals surface area contributed by atoms with Gasteiger partial charge in [-0.05, 0) is 40.8 Å². The lowest BCUT2D eigenvalue weighted by molar-refractivity contribution is -0.645. The van der Waals surface area contributed by atoms with Crippen LogP contribution in [0.2, 0.25) is 0 Å². The van der Waals surface area contributed by atoms with Crippen molar-refractivity contribution in [3.63, 3.8) is 0 Å². The third kappa shape index (κ3) is 7.49. The normalized spacial score (nSPS) is 18.4. The zero-order valence-electron chi connectivity index (χ0n) is 23.4. The number of rotatable bonds is 10. The van der Waals surface area contributed by atoms with Crippen molar-refractivity contribution in [3.8, 4) is 11.1 Å². The van der Waals surface area contributed by atoms with E-state index in [1.807, 2.05) is 91.9 Å². The Kier molecular flexibility index (Phi) is 10.1. The predicted octanol–water partition coefficient (Wildman–Crippen LogP) is 5.64. The molecule has 3 unspecified atom stereocenters. The molecule has 9 heteroatoms. The van der Waals surface area contributed by atoms with Crippen molar-refractivity contribution in [3.05, 3.63) is 125 Å². The number of amides is 2. The van der Waals surface area contributed by atoms with E-state index in [2.05, 4.69) is 10.6 Å². The quantitative estimate of drug-likeness (QED) is 0.126. The maximum Gasteiger partial charge on any atom is 0.315 e. The van der Waals surface area contributed by atoms with Gasteiger partial charge in [-0.15, -0.1) is 0 Å². The number of benzene rings is 3. The third-order valence-electron chi connectivity index (χ3n) is 7.11. The SMILES string of the molecule is CCNC(=O)NCc1ccccc1-c1ccc(C2OC(CSc3cccc[n+]3[O-])CC(c3ccc(CO)cc3)O2)cc1. The predicted molar refractivity (Wildman–Crippen MR) is 162 cm³/mol. The van der Waals surface area contributed by atoms with Crippen molar-refractivity contribution in [2.24, 2.45) is 0 Å². The van der Waals surface area contributed by atoms with Crippen LogP contribution in [0, 0.1) is 5.21 Å². The number of aliphatic hydroxyl groups excluding tert-OH is 1. The van der Waals surface area contributed by atoms with E-state index in [0.717, 1.165) is 38.1 Å². The molecular formula is C33H35N3O5S. The number of aromatic nitrogens is 1. The zero-order valence-corrected chi connectivity index (χ0v) is 24.3. The first-order valence-electron chi connectivity index (χ1n) is 14.1. The second-order valence-corrected chi connectivity index (χ2v) is 11.1. The van der Waals surface area contributed by atoms with E-state index < -0.39 is 6.29 Å². The molecule has 4 aromatic rings. The fourth-order valence-electron chi connectivity index (χ4n) is 4.90. The number of nitrogens with one attached hydrogen (secondary N) is 2. The number of nitrogens with zero attached hydrogens (tertiary/aromatic N) is 1. The molecule has 1 saturated heterocycles. The monoisotopic (exact) mass is 585 g/mol. The van der Waals surface area contributed by atoms with Gasteiger partial charge in [0.25, 0.3) is 5.03 Å². The van der Waals surface area contributed by atoms with E-state index >= 15 is 0 Å². The van der Waals surface area contributed by atoms with Crippen molar-refractivity contribution in [1.29, 1.82) is 0 Å². The first kappa shape index (κ1) is 29.6. The molecule has 2 amide bonds. The summed E-state index contributed by atoms with van der Waals surface area (Å²) in [6.07, 6.45) is 1.18. The van der Waals surface area contributed by atoms with E-state index in [4.69, 9.17) is 9.47 Å². The van der Waals surface area contributed by atoms with E-state index in [9.17, 15) is 15.1 Å². The molecule has 1 aromatic heterocycles. The number of urea groups is 1. The fourth-order valence-corrected chi connectivity index (χ4v) is 5.83. The molecule has 3 aromatic carbocycles. The molecule has 1 aliphatic heterocycles. The van der Waals surface area contributed by atoms with Crippen molar-refractivity contribution in [1.82, 2.24) is 10.6 Å². The van der Waals surface area contributed by atoms with Crippen molar-refractivity contribution < 1.29 is 24.1 Å². The molecule has 8 nitrogen and oxygen atoms in total. The molecule has 0 spiro atoms. The van der Waals surface area contributed by atoms with Gasteiger partial charge in [0, 0.05) is 43.0 Å². The van der Waals surface area contributed by atoms with Crippen LogP contribution in [-0.4, -0.2) is 29.5 Å². The van der Waals surface area contributed by atoms with Gasteiger partial charge in [-0.2, -0.15) is 4.73 Å². The van der Waals surface area contributed by atoms with Gasteiger partial charge in [-0.1, -0.05) is 84.6 Å².